The number of carbonyl (C=O) groups is 2. The molecule has 0 aliphatic carbocycles. The molecule has 0 saturated heterocycles. The minimum atomic E-state index is -0.487. The Hall–Kier alpha value is -1.84. The van der Waals surface area contributed by atoms with Crippen molar-refractivity contribution < 1.29 is 19.1 Å². The Bertz CT molecular complexity index is 522. The summed E-state index contributed by atoms with van der Waals surface area (Å²) < 4.78 is 10.8. The van der Waals surface area contributed by atoms with Gasteiger partial charge in [-0.2, -0.15) is 0 Å². The number of esters is 2. The highest BCUT2D eigenvalue weighted by Gasteiger charge is 2.24. The molecule has 0 spiro atoms. The molecule has 1 rings (SSSR count). The molecule has 1 aromatic rings. The van der Waals surface area contributed by atoms with E-state index in [2.05, 4.69) is 13.8 Å². The Labute approximate surface area is 145 Å². The molecule has 0 aliphatic heterocycles. The van der Waals surface area contributed by atoms with Crippen LogP contribution in [0.5, 0.6) is 0 Å². The quantitative estimate of drug-likeness (QED) is 0.636. The summed E-state index contributed by atoms with van der Waals surface area (Å²) in [6, 6.07) is 6.63. The maximum atomic E-state index is 12.4. The highest BCUT2D eigenvalue weighted by molar-refractivity contribution is 6.03. The van der Waals surface area contributed by atoms with Crippen LogP contribution in [0.4, 0.5) is 0 Å². The third kappa shape index (κ3) is 5.99. The summed E-state index contributed by atoms with van der Waals surface area (Å²) in [7, 11) is 0. The van der Waals surface area contributed by atoms with Crippen molar-refractivity contribution in [1.29, 1.82) is 0 Å². The molecule has 0 heterocycles. The average Bonchev–Trinajstić information content (AvgIpc) is 2.57. The second kappa shape index (κ2) is 8.32. The predicted molar refractivity (Wildman–Crippen MR) is 95.2 cm³/mol. The fourth-order valence-corrected chi connectivity index (χ4v) is 1.72. The van der Waals surface area contributed by atoms with Crippen LogP contribution in [0.1, 0.15) is 75.1 Å². The number of hydrogen-bond donors (Lipinski definition) is 0. The van der Waals surface area contributed by atoms with Gasteiger partial charge in [0.25, 0.3) is 0 Å². The minimum absolute atomic E-state index is 0.0870. The van der Waals surface area contributed by atoms with Crippen LogP contribution in [-0.4, -0.2) is 25.2 Å². The lowest BCUT2D eigenvalue weighted by molar-refractivity contribution is 0.0292. The molecular formula is C20H30O4. The van der Waals surface area contributed by atoms with Crippen LogP contribution in [0, 0.1) is 10.8 Å². The van der Waals surface area contributed by atoms with E-state index in [1.165, 1.54) is 0 Å². The topological polar surface area (TPSA) is 52.6 Å². The van der Waals surface area contributed by atoms with Gasteiger partial charge in [-0.05, 0) is 35.8 Å². The van der Waals surface area contributed by atoms with E-state index in [9.17, 15) is 9.59 Å². The van der Waals surface area contributed by atoms with Crippen molar-refractivity contribution in [1.82, 2.24) is 0 Å². The fraction of sp³-hybridized carbons (Fsp3) is 0.600. The van der Waals surface area contributed by atoms with Crippen LogP contribution in [0.25, 0.3) is 0 Å². The zero-order valence-corrected chi connectivity index (χ0v) is 15.8. The number of ether oxygens (including phenoxy) is 2. The van der Waals surface area contributed by atoms with Gasteiger partial charge in [0, 0.05) is 0 Å². The second-order valence-corrected chi connectivity index (χ2v) is 7.73. The lowest BCUT2D eigenvalue weighted by Crippen LogP contribution is -2.24. The standard InChI is InChI=1S/C20H30O4/c1-7-19(3,4)13-23-17(21)15-11-9-10-12-16(15)18(22)24-14-20(5,6)8-2/h9-12H,7-8,13-14H2,1-6H3. The fourth-order valence-electron chi connectivity index (χ4n) is 1.72. The third-order valence-corrected chi connectivity index (χ3v) is 4.47. The minimum Gasteiger partial charge on any atom is -0.462 e. The molecule has 0 N–H and O–H groups in total. The zero-order valence-electron chi connectivity index (χ0n) is 15.8. The van der Waals surface area contributed by atoms with Crippen molar-refractivity contribution in [3.63, 3.8) is 0 Å². The van der Waals surface area contributed by atoms with Gasteiger partial charge in [-0.25, -0.2) is 9.59 Å². The Morgan fingerprint density at radius 2 is 1.12 bits per heavy atom. The van der Waals surface area contributed by atoms with Crippen LogP contribution in [0.15, 0.2) is 24.3 Å². The summed E-state index contributed by atoms with van der Waals surface area (Å²) in [6.45, 7) is 12.9. The number of hydrogen-bond acceptors (Lipinski definition) is 4. The normalized spacial score (nSPS) is 11.9. The summed E-state index contributed by atoms with van der Waals surface area (Å²) in [5.41, 5.74) is 0.333. The van der Waals surface area contributed by atoms with Gasteiger partial charge in [-0.15, -0.1) is 0 Å². The van der Waals surface area contributed by atoms with Crippen molar-refractivity contribution in [3.05, 3.63) is 35.4 Å². The Morgan fingerprint density at radius 3 is 1.42 bits per heavy atom. The molecule has 0 unspecified atom stereocenters. The molecule has 4 heteroatoms. The molecule has 24 heavy (non-hydrogen) atoms. The van der Waals surface area contributed by atoms with Crippen LogP contribution >= 0.6 is 0 Å². The van der Waals surface area contributed by atoms with Gasteiger partial charge in [-0.1, -0.05) is 53.7 Å². The molecule has 0 atom stereocenters. The van der Waals surface area contributed by atoms with Crippen molar-refractivity contribution >= 4 is 11.9 Å². The number of benzene rings is 1. The Balaban J connectivity index is 2.84. The van der Waals surface area contributed by atoms with Crippen molar-refractivity contribution in [3.8, 4) is 0 Å². The van der Waals surface area contributed by atoms with Gasteiger partial charge in [0.15, 0.2) is 0 Å². The smallest absolute Gasteiger partial charge is 0.339 e. The lowest BCUT2D eigenvalue weighted by atomic mass is 9.91. The number of rotatable bonds is 8. The summed E-state index contributed by atoms with van der Waals surface area (Å²) >= 11 is 0. The van der Waals surface area contributed by atoms with Gasteiger partial charge in [-0.3, -0.25) is 0 Å². The molecular weight excluding hydrogens is 304 g/mol. The van der Waals surface area contributed by atoms with E-state index in [1.807, 2.05) is 27.7 Å². The molecule has 0 saturated carbocycles. The first kappa shape index (κ1) is 20.2. The molecule has 0 bridgehead atoms. The van der Waals surface area contributed by atoms with Crippen LogP contribution in [0.2, 0.25) is 0 Å². The van der Waals surface area contributed by atoms with Gasteiger partial charge in [0.1, 0.15) is 0 Å². The van der Waals surface area contributed by atoms with Crippen LogP contribution < -0.4 is 0 Å². The van der Waals surface area contributed by atoms with Gasteiger partial charge in [0.2, 0.25) is 0 Å². The van der Waals surface area contributed by atoms with E-state index in [0.717, 1.165) is 12.8 Å². The molecule has 0 aromatic heterocycles. The van der Waals surface area contributed by atoms with E-state index in [0.29, 0.717) is 13.2 Å². The predicted octanol–water partition coefficient (Wildman–Crippen LogP) is 4.87. The van der Waals surface area contributed by atoms with E-state index in [-0.39, 0.29) is 22.0 Å². The Kier molecular flexibility index (Phi) is 7.00. The highest BCUT2D eigenvalue weighted by Crippen LogP contribution is 2.23. The monoisotopic (exact) mass is 334 g/mol. The molecule has 1 aromatic carbocycles. The first-order chi connectivity index (χ1) is 11.1. The molecule has 0 aliphatic rings. The van der Waals surface area contributed by atoms with Gasteiger partial charge in [0.05, 0.1) is 24.3 Å². The summed E-state index contributed by atoms with van der Waals surface area (Å²) in [6.07, 6.45) is 1.80. The zero-order chi connectivity index (χ0) is 18.4. The SMILES string of the molecule is CCC(C)(C)COC(=O)c1ccccc1C(=O)OCC(C)(C)CC. The first-order valence-electron chi connectivity index (χ1n) is 8.55. The average molecular weight is 334 g/mol. The van der Waals surface area contributed by atoms with E-state index in [1.54, 1.807) is 24.3 Å². The van der Waals surface area contributed by atoms with Gasteiger partial charge >= 0.3 is 11.9 Å². The maximum Gasteiger partial charge on any atom is 0.339 e. The van der Waals surface area contributed by atoms with Crippen molar-refractivity contribution in [2.45, 2.75) is 54.4 Å². The number of carbonyl (C=O) groups excluding carboxylic acids is 2. The summed E-state index contributed by atoms with van der Waals surface area (Å²) in [4.78, 5) is 24.7. The van der Waals surface area contributed by atoms with Crippen molar-refractivity contribution in [2.75, 3.05) is 13.2 Å². The molecule has 134 valence electrons. The highest BCUT2D eigenvalue weighted by atomic mass is 16.5. The molecule has 0 amide bonds. The second-order valence-electron chi connectivity index (χ2n) is 7.73. The molecule has 0 radical (unpaired) electrons. The summed E-state index contributed by atoms with van der Waals surface area (Å²) in [5, 5.41) is 0. The first-order valence-corrected chi connectivity index (χ1v) is 8.55. The molecule has 0 fully saturated rings. The van der Waals surface area contributed by atoms with E-state index in [4.69, 9.17) is 9.47 Å². The molecule has 4 nitrogen and oxygen atoms in total. The third-order valence-electron chi connectivity index (χ3n) is 4.47. The Morgan fingerprint density at radius 1 is 0.792 bits per heavy atom. The lowest BCUT2D eigenvalue weighted by Gasteiger charge is -2.23. The van der Waals surface area contributed by atoms with E-state index < -0.39 is 11.9 Å². The summed E-state index contributed by atoms with van der Waals surface area (Å²) in [5.74, 6) is -0.974. The maximum absolute atomic E-state index is 12.4. The largest absolute Gasteiger partial charge is 0.462 e. The van der Waals surface area contributed by atoms with Gasteiger partial charge < -0.3 is 9.47 Å². The van der Waals surface area contributed by atoms with Crippen LogP contribution in [0.3, 0.4) is 0 Å². The van der Waals surface area contributed by atoms with Crippen LogP contribution in [-0.2, 0) is 9.47 Å². The van der Waals surface area contributed by atoms with Crippen molar-refractivity contribution in [2.24, 2.45) is 10.8 Å². The van der Waals surface area contributed by atoms with E-state index >= 15 is 0 Å².